The average Bonchev–Trinajstić information content (AvgIpc) is 2.61. The Morgan fingerprint density at radius 3 is 2.54 bits per heavy atom. The number of nitrogens with one attached hydrogen (secondary N) is 1. The first-order chi connectivity index (χ1) is 11.5. The van der Waals surface area contributed by atoms with Crippen LogP contribution in [0.5, 0.6) is 5.75 Å². The number of ether oxygens (including phenoxy) is 2. The second-order valence-corrected chi connectivity index (χ2v) is 5.09. The van der Waals surface area contributed by atoms with Gasteiger partial charge in [-0.2, -0.15) is 0 Å². The van der Waals surface area contributed by atoms with E-state index in [2.05, 4.69) is 10.1 Å². The molecule has 0 aliphatic carbocycles. The van der Waals surface area contributed by atoms with Crippen LogP contribution in [-0.2, 0) is 9.53 Å². The summed E-state index contributed by atoms with van der Waals surface area (Å²) in [4.78, 5) is 23.7. The molecule has 0 saturated carbocycles. The SMILES string of the molecule is COC(=O)c1ccc(C)c(NC(=O)/C=C/c2ccccc2OC)c1. The molecule has 0 atom stereocenters. The fraction of sp³-hybridized carbons (Fsp3) is 0.158. The van der Waals surface area contributed by atoms with Crippen LogP contribution in [0, 0.1) is 6.92 Å². The van der Waals surface area contributed by atoms with Gasteiger partial charge in [0.25, 0.3) is 0 Å². The molecule has 2 aromatic rings. The first-order valence-corrected chi connectivity index (χ1v) is 7.36. The van der Waals surface area contributed by atoms with Crippen LogP contribution in [0.25, 0.3) is 6.08 Å². The molecule has 0 aromatic heterocycles. The first-order valence-electron chi connectivity index (χ1n) is 7.36. The Labute approximate surface area is 140 Å². The highest BCUT2D eigenvalue weighted by Gasteiger charge is 2.09. The van der Waals surface area contributed by atoms with E-state index < -0.39 is 5.97 Å². The minimum atomic E-state index is -0.449. The molecule has 0 heterocycles. The third-order valence-corrected chi connectivity index (χ3v) is 3.47. The van der Waals surface area contributed by atoms with E-state index in [1.807, 2.05) is 31.2 Å². The number of hydrogen-bond donors (Lipinski definition) is 1. The fourth-order valence-electron chi connectivity index (χ4n) is 2.15. The van der Waals surface area contributed by atoms with Crippen LogP contribution in [-0.4, -0.2) is 26.1 Å². The Morgan fingerprint density at radius 2 is 1.83 bits per heavy atom. The van der Waals surface area contributed by atoms with E-state index in [4.69, 9.17) is 4.74 Å². The van der Waals surface area contributed by atoms with Crippen molar-refractivity contribution in [1.29, 1.82) is 0 Å². The van der Waals surface area contributed by atoms with Crippen LogP contribution >= 0.6 is 0 Å². The smallest absolute Gasteiger partial charge is 0.337 e. The van der Waals surface area contributed by atoms with Crippen molar-refractivity contribution < 1.29 is 19.1 Å². The van der Waals surface area contributed by atoms with Gasteiger partial charge in [-0.1, -0.05) is 24.3 Å². The topological polar surface area (TPSA) is 64.6 Å². The molecular weight excluding hydrogens is 306 g/mol. The summed E-state index contributed by atoms with van der Waals surface area (Å²) in [5.41, 5.74) is 2.59. The third kappa shape index (κ3) is 4.23. The lowest BCUT2D eigenvalue weighted by Gasteiger charge is -2.08. The van der Waals surface area contributed by atoms with Gasteiger partial charge in [-0.15, -0.1) is 0 Å². The second kappa shape index (κ2) is 7.97. The van der Waals surface area contributed by atoms with Gasteiger partial charge in [-0.3, -0.25) is 4.79 Å². The Balaban J connectivity index is 2.15. The largest absolute Gasteiger partial charge is 0.496 e. The number of carbonyl (C=O) groups is 2. The van der Waals surface area contributed by atoms with Gasteiger partial charge in [0.05, 0.1) is 19.8 Å². The number of carbonyl (C=O) groups excluding carboxylic acids is 2. The van der Waals surface area contributed by atoms with Gasteiger partial charge in [0.1, 0.15) is 5.75 Å². The van der Waals surface area contributed by atoms with E-state index in [0.29, 0.717) is 17.0 Å². The average molecular weight is 325 g/mol. The monoisotopic (exact) mass is 325 g/mol. The maximum atomic E-state index is 12.1. The quantitative estimate of drug-likeness (QED) is 0.675. The molecule has 1 amide bonds. The standard InChI is InChI=1S/C19H19NO4/c1-13-8-9-15(19(22)24-3)12-16(13)20-18(21)11-10-14-6-4-5-7-17(14)23-2/h4-12H,1-3H3,(H,20,21)/b11-10+. The van der Waals surface area contributed by atoms with E-state index in [-0.39, 0.29) is 5.91 Å². The first kappa shape index (κ1) is 17.3. The Morgan fingerprint density at radius 1 is 1.08 bits per heavy atom. The summed E-state index contributed by atoms with van der Waals surface area (Å²) in [6.07, 6.45) is 3.09. The highest BCUT2D eigenvalue weighted by molar-refractivity contribution is 6.03. The molecule has 5 nitrogen and oxygen atoms in total. The van der Waals surface area contributed by atoms with E-state index in [9.17, 15) is 9.59 Å². The van der Waals surface area contributed by atoms with Crippen LogP contribution in [0.3, 0.4) is 0 Å². The zero-order valence-electron chi connectivity index (χ0n) is 13.8. The summed E-state index contributed by atoms with van der Waals surface area (Å²) in [6.45, 7) is 1.85. The Hall–Kier alpha value is -3.08. The summed E-state index contributed by atoms with van der Waals surface area (Å²) in [7, 11) is 2.89. The zero-order chi connectivity index (χ0) is 17.5. The maximum absolute atomic E-state index is 12.1. The molecule has 0 saturated heterocycles. The second-order valence-electron chi connectivity index (χ2n) is 5.09. The molecule has 0 bridgehead atoms. The molecular formula is C19H19NO4. The number of rotatable bonds is 5. The molecule has 124 valence electrons. The molecule has 0 aliphatic rings. The molecule has 2 aromatic carbocycles. The number of aryl methyl sites for hydroxylation is 1. The van der Waals surface area contributed by atoms with Crippen LogP contribution in [0.15, 0.2) is 48.5 Å². The molecule has 0 spiro atoms. The molecule has 0 radical (unpaired) electrons. The van der Waals surface area contributed by atoms with Crippen molar-refractivity contribution in [2.75, 3.05) is 19.5 Å². The normalized spacial score (nSPS) is 10.5. The lowest BCUT2D eigenvalue weighted by molar-refractivity contribution is -0.111. The van der Waals surface area contributed by atoms with E-state index in [1.54, 1.807) is 31.4 Å². The number of esters is 1. The summed E-state index contributed by atoms with van der Waals surface area (Å²) in [6, 6.07) is 12.4. The molecule has 5 heteroatoms. The summed E-state index contributed by atoms with van der Waals surface area (Å²) >= 11 is 0. The van der Waals surface area contributed by atoms with Crippen LogP contribution in [0.1, 0.15) is 21.5 Å². The van der Waals surface area contributed by atoms with Gasteiger partial charge in [0.15, 0.2) is 0 Å². The summed E-state index contributed by atoms with van der Waals surface area (Å²) in [5.74, 6) is -0.0634. The van der Waals surface area contributed by atoms with Crippen molar-refractivity contribution in [3.05, 3.63) is 65.2 Å². The minimum absolute atomic E-state index is 0.300. The van der Waals surface area contributed by atoms with Crippen molar-refractivity contribution in [2.45, 2.75) is 6.92 Å². The number of amides is 1. The van der Waals surface area contributed by atoms with Crippen molar-refractivity contribution in [2.24, 2.45) is 0 Å². The maximum Gasteiger partial charge on any atom is 0.337 e. The number of anilines is 1. The summed E-state index contributed by atoms with van der Waals surface area (Å²) in [5, 5.41) is 2.76. The molecule has 0 aliphatic heterocycles. The molecule has 0 fully saturated rings. The number of hydrogen-bond acceptors (Lipinski definition) is 4. The molecule has 24 heavy (non-hydrogen) atoms. The van der Waals surface area contributed by atoms with E-state index in [1.165, 1.54) is 13.2 Å². The number of methoxy groups -OCH3 is 2. The van der Waals surface area contributed by atoms with Crippen molar-refractivity contribution >= 4 is 23.6 Å². The Kier molecular flexibility index (Phi) is 5.73. The van der Waals surface area contributed by atoms with Gasteiger partial charge >= 0.3 is 5.97 Å². The van der Waals surface area contributed by atoms with E-state index in [0.717, 1.165) is 11.1 Å². The highest BCUT2D eigenvalue weighted by Crippen LogP contribution is 2.20. The minimum Gasteiger partial charge on any atom is -0.496 e. The zero-order valence-corrected chi connectivity index (χ0v) is 13.8. The van der Waals surface area contributed by atoms with Gasteiger partial charge < -0.3 is 14.8 Å². The van der Waals surface area contributed by atoms with Crippen molar-refractivity contribution in [1.82, 2.24) is 0 Å². The third-order valence-electron chi connectivity index (χ3n) is 3.47. The number of para-hydroxylation sites is 1. The predicted molar refractivity (Wildman–Crippen MR) is 93.2 cm³/mol. The highest BCUT2D eigenvalue weighted by atomic mass is 16.5. The fourth-order valence-corrected chi connectivity index (χ4v) is 2.15. The Bertz CT molecular complexity index is 781. The van der Waals surface area contributed by atoms with E-state index >= 15 is 0 Å². The van der Waals surface area contributed by atoms with Crippen LogP contribution in [0.4, 0.5) is 5.69 Å². The van der Waals surface area contributed by atoms with Gasteiger partial charge in [0, 0.05) is 17.3 Å². The number of benzene rings is 2. The lowest BCUT2D eigenvalue weighted by Crippen LogP contribution is -2.10. The molecule has 0 unspecified atom stereocenters. The lowest BCUT2D eigenvalue weighted by atomic mass is 10.1. The van der Waals surface area contributed by atoms with Crippen molar-refractivity contribution in [3.63, 3.8) is 0 Å². The molecule has 1 N–H and O–H groups in total. The molecule has 2 rings (SSSR count). The van der Waals surface area contributed by atoms with Gasteiger partial charge in [-0.05, 0) is 36.8 Å². The predicted octanol–water partition coefficient (Wildman–Crippen LogP) is 3.44. The van der Waals surface area contributed by atoms with Crippen LogP contribution < -0.4 is 10.1 Å². The van der Waals surface area contributed by atoms with Crippen LogP contribution in [0.2, 0.25) is 0 Å². The van der Waals surface area contributed by atoms with Gasteiger partial charge in [0.2, 0.25) is 5.91 Å². The van der Waals surface area contributed by atoms with Gasteiger partial charge in [-0.25, -0.2) is 4.79 Å². The summed E-state index contributed by atoms with van der Waals surface area (Å²) < 4.78 is 9.92. The van der Waals surface area contributed by atoms with Crippen molar-refractivity contribution in [3.8, 4) is 5.75 Å².